The fourth-order valence-corrected chi connectivity index (χ4v) is 5.09. The summed E-state index contributed by atoms with van der Waals surface area (Å²) in [4.78, 5) is 15.0. The van der Waals surface area contributed by atoms with Crippen LogP contribution >= 0.6 is 0 Å². The highest BCUT2D eigenvalue weighted by atomic mass is 16.6. The second-order valence-corrected chi connectivity index (χ2v) is 8.46. The van der Waals surface area contributed by atoms with Gasteiger partial charge in [-0.15, -0.1) is 0 Å². The van der Waals surface area contributed by atoms with Gasteiger partial charge in [0.25, 0.3) is 0 Å². The summed E-state index contributed by atoms with van der Waals surface area (Å²) in [5.74, 6) is 0.0367. The number of aromatic amines is 1. The van der Waals surface area contributed by atoms with Gasteiger partial charge in [0.05, 0.1) is 11.1 Å². The number of rotatable bonds is 3. The molecule has 0 amide bonds. The van der Waals surface area contributed by atoms with Gasteiger partial charge in [0, 0.05) is 49.3 Å². The highest BCUT2D eigenvalue weighted by molar-refractivity contribution is 5.79. The molecule has 1 aromatic heterocycles. The molecule has 1 atom stereocenters. The summed E-state index contributed by atoms with van der Waals surface area (Å²) >= 11 is 0. The first kappa shape index (κ1) is 17.9. The van der Waals surface area contributed by atoms with Gasteiger partial charge in [-0.3, -0.25) is 14.8 Å². The Morgan fingerprint density at radius 2 is 1.93 bits per heavy atom. The lowest BCUT2D eigenvalue weighted by Gasteiger charge is -2.29. The number of ether oxygens (including phenoxy) is 1. The quantitative estimate of drug-likeness (QED) is 0.799. The number of aromatic nitrogens is 2. The van der Waals surface area contributed by atoms with Gasteiger partial charge in [-0.1, -0.05) is 30.3 Å². The summed E-state index contributed by atoms with van der Waals surface area (Å²) in [6, 6.07) is 10.4. The van der Waals surface area contributed by atoms with Crippen LogP contribution in [0.5, 0.6) is 0 Å². The first-order chi connectivity index (χ1) is 13.7. The van der Waals surface area contributed by atoms with Crippen LogP contribution in [0, 0.1) is 5.41 Å². The Hall–Kier alpha value is -2.18. The van der Waals surface area contributed by atoms with E-state index < -0.39 is 0 Å². The monoisotopic (exact) mass is 380 g/mol. The third-order valence-corrected chi connectivity index (χ3v) is 6.70. The normalized spacial score (nSPS) is 24.7. The van der Waals surface area contributed by atoms with Crippen molar-refractivity contribution in [3.63, 3.8) is 0 Å². The smallest absolute Gasteiger partial charge is 0.312 e. The second kappa shape index (κ2) is 7.33. The molecule has 1 unspecified atom stereocenters. The van der Waals surface area contributed by atoms with Crippen LogP contribution in [-0.4, -0.2) is 59.9 Å². The molecule has 1 aromatic carbocycles. The molecule has 2 fully saturated rings. The van der Waals surface area contributed by atoms with E-state index in [1.54, 1.807) is 0 Å². The van der Waals surface area contributed by atoms with Crippen molar-refractivity contribution in [3.8, 4) is 11.3 Å². The van der Waals surface area contributed by atoms with Gasteiger partial charge < -0.3 is 10.1 Å². The number of H-pyrrole nitrogens is 1. The molecule has 1 spiro atoms. The predicted molar refractivity (Wildman–Crippen MR) is 107 cm³/mol. The first-order valence-corrected chi connectivity index (χ1v) is 10.5. The number of hydrogen-bond donors (Lipinski definition) is 2. The van der Waals surface area contributed by atoms with Crippen LogP contribution in [0.15, 0.2) is 30.3 Å². The summed E-state index contributed by atoms with van der Waals surface area (Å²) in [6.45, 7) is 4.66. The number of piperidine rings is 1. The average Bonchev–Trinajstić information content (AvgIpc) is 3.19. The molecule has 2 N–H and O–H groups in total. The Labute approximate surface area is 165 Å². The molecule has 5 rings (SSSR count). The summed E-state index contributed by atoms with van der Waals surface area (Å²) < 4.78 is 5.82. The number of carbonyl (C=O) groups is 1. The van der Waals surface area contributed by atoms with Crippen molar-refractivity contribution in [2.75, 3.05) is 32.7 Å². The molecule has 0 saturated carbocycles. The molecule has 2 aromatic rings. The van der Waals surface area contributed by atoms with Crippen molar-refractivity contribution in [2.24, 2.45) is 5.41 Å². The van der Waals surface area contributed by atoms with Crippen LogP contribution in [0.25, 0.3) is 11.3 Å². The highest BCUT2D eigenvalue weighted by Crippen LogP contribution is 2.41. The largest absolute Gasteiger partial charge is 0.461 e. The highest BCUT2D eigenvalue weighted by Gasteiger charge is 2.49. The van der Waals surface area contributed by atoms with Crippen molar-refractivity contribution in [3.05, 3.63) is 41.6 Å². The van der Waals surface area contributed by atoms with Gasteiger partial charge in [-0.25, -0.2) is 0 Å². The molecule has 2 saturated heterocycles. The minimum absolute atomic E-state index is 0.0359. The van der Waals surface area contributed by atoms with Gasteiger partial charge in [-0.05, 0) is 32.4 Å². The summed E-state index contributed by atoms with van der Waals surface area (Å²) in [5.41, 5.74) is 4.62. The Kier molecular flexibility index (Phi) is 4.69. The van der Waals surface area contributed by atoms with E-state index in [0.29, 0.717) is 0 Å². The molecule has 28 heavy (non-hydrogen) atoms. The topological polar surface area (TPSA) is 70.2 Å². The summed E-state index contributed by atoms with van der Waals surface area (Å²) in [7, 11) is 0. The summed E-state index contributed by atoms with van der Waals surface area (Å²) in [6.07, 6.45) is 4.69. The van der Waals surface area contributed by atoms with Crippen LogP contribution in [0.2, 0.25) is 0 Å². The fourth-order valence-electron chi connectivity index (χ4n) is 5.09. The molecule has 0 radical (unpaired) electrons. The zero-order valence-electron chi connectivity index (χ0n) is 16.2. The number of nitrogens with zero attached hydrogens (tertiary/aromatic N) is 2. The van der Waals surface area contributed by atoms with E-state index in [1.807, 2.05) is 6.07 Å². The standard InChI is InChI=1S/C22H28N4O2/c27-21-22(8-10-23-11-9-22)14-17(28-21)15-26-12-6-18-19(7-13-26)24-25-20(18)16-4-2-1-3-5-16/h1-5,17,23H,6-15H2,(H,24,25). The SMILES string of the molecule is O=C1OC(CN2CCc3[nH]nc(-c4ccccc4)c3CC2)CC12CCNCC2. The summed E-state index contributed by atoms with van der Waals surface area (Å²) in [5, 5.41) is 11.2. The van der Waals surface area contributed by atoms with Crippen molar-refractivity contribution in [1.82, 2.24) is 20.4 Å². The maximum absolute atomic E-state index is 12.5. The van der Waals surface area contributed by atoms with Gasteiger partial charge >= 0.3 is 5.97 Å². The van der Waals surface area contributed by atoms with Crippen molar-refractivity contribution in [1.29, 1.82) is 0 Å². The van der Waals surface area contributed by atoms with Crippen molar-refractivity contribution < 1.29 is 9.53 Å². The zero-order chi connectivity index (χ0) is 19.0. The van der Waals surface area contributed by atoms with E-state index in [9.17, 15) is 4.79 Å². The number of benzene rings is 1. The number of fused-ring (bicyclic) bond motifs is 1. The molecule has 6 nitrogen and oxygen atoms in total. The van der Waals surface area contributed by atoms with Gasteiger partial charge in [0.1, 0.15) is 6.10 Å². The molecule has 3 aliphatic heterocycles. The van der Waals surface area contributed by atoms with Crippen LogP contribution in [0.4, 0.5) is 0 Å². The predicted octanol–water partition coefficient (Wildman–Crippen LogP) is 2.16. The minimum Gasteiger partial charge on any atom is -0.461 e. The lowest BCUT2D eigenvalue weighted by atomic mass is 9.76. The number of carbonyl (C=O) groups excluding carboxylic acids is 1. The molecular weight excluding hydrogens is 352 g/mol. The van der Waals surface area contributed by atoms with E-state index in [-0.39, 0.29) is 17.5 Å². The van der Waals surface area contributed by atoms with Gasteiger partial charge in [-0.2, -0.15) is 5.10 Å². The van der Waals surface area contributed by atoms with E-state index >= 15 is 0 Å². The Morgan fingerprint density at radius 1 is 1.14 bits per heavy atom. The maximum Gasteiger partial charge on any atom is 0.312 e. The Balaban J connectivity index is 1.25. The molecule has 6 heteroatoms. The van der Waals surface area contributed by atoms with Crippen molar-refractivity contribution in [2.45, 2.75) is 38.2 Å². The van der Waals surface area contributed by atoms with Crippen LogP contribution in [-0.2, 0) is 22.4 Å². The molecular formula is C22H28N4O2. The van der Waals surface area contributed by atoms with E-state index in [0.717, 1.165) is 70.5 Å². The van der Waals surface area contributed by atoms with Crippen LogP contribution < -0.4 is 5.32 Å². The third kappa shape index (κ3) is 3.25. The lowest BCUT2D eigenvalue weighted by Crippen LogP contribution is -2.40. The molecule has 0 bridgehead atoms. The van der Waals surface area contributed by atoms with Crippen LogP contribution in [0.3, 0.4) is 0 Å². The first-order valence-electron chi connectivity index (χ1n) is 10.5. The maximum atomic E-state index is 12.5. The van der Waals surface area contributed by atoms with Gasteiger partial charge in [0.15, 0.2) is 0 Å². The molecule has 3 aliphatic rings. The number of hydrogen-bond acceptors (Lipinski definition) is 5. The Bertz CT molecular complexity index is 841. The van der Waals surface area contributed by atoms with E-state index in [2.05, 4.69) is 44.7 Å². The van der Waals surface area contributed by atoms with Crippen LogP contribution in [0.1, 0.15) is 30.5 Å². The number of esters is 1. The number of cyclic esters (lactones) is 1. The number of nitrogens with one attached hydrogen (secondary N) is 2. The molecule has 148 valence electrons. The zero-order valence-corrected chi connectivity index (χ0v) is 16.2. The van der Waals surface area contributed by atoms with E-state index in [1.165, 1.54) is 16.8 Å². The third-order valence-electron chi connectivity index (χ3n) is 6.70. The second-order valence-electron chi connectivity index (χ2n) is 8.46. The average molecular weight is 380 g/mol. The fraction of sp³-hybridized carbons (Fsp3) is 0.545. The van der Waals surface area contributed by atoms with E-state index in [4.69, 9.17) is 4.74 Å². The Morgan fingerprint density at radius 3 is 2.75 bits per heavy atom. The van der Waals surface area contributed by atoms with Crippen molar-refractivity contribution >= 4 is 5.97 Å². The van der Waals surface area contributed by atoms with Gasteiger partial charge in [0.2, 0.25) is 0 Å². The minimum atomic E-state index is -0.226. The molecule has 0 aliphatic carbocycles. The lowest BCUT2D eigenvalue weighted by molar-refractivity contribution is -0.150. The molecule has 4 heterocycles.